The molecule has 0 N–H and O–H groups in total. The Bertz CT molecular complexity index is 1290. The van der Waals surface area contributed by atoms with Crippen LogP contribution in [0.5, 0.6) is 0 Å². The second-order valence-corrected chi connectivity index (χ2v) is 8.67. The van der Waals surface area contributed by atoms with Crippen molar-refractivity contribution in [1.82, 2.24) is 14.4 Å². The molecule has 0 saturated carbocycles. The maximum Gasteiger partial charge on any atom is 0.192 e. The van der Waals surface area contributed by atoms with Gasteiger partial charge in [-0.25, -0.2) is 14.4 Å². The molecule has 3 heterocycles. The summed E-state index contributed by atoms with van der Waals surface area (Å²) in [6, 6.07) is 10.5. The number of nitriles is 1. The number of thiazole rings is 1. The number of aromatic nitrogens is 3. The second kappa shape index (κ2) is 8.77. The van der Waals surface area contributed by atoms with Crippen LogP contribution in [0.1, 0.15) is 35.5 Å². The molecule has 0 saturated heterocycles. The Balaban J connectivity index is 1.90. The molecule has 8 heteroatoms. The van der Waals surface area contributed by atoms with E-state index in [9.17, 15) is 9.65 Å². The van der Waals surface area contributed by atoms with Crippen molar-refractivity contribution in [2.24, 2.45) is 0 Å². The van der Waals surface area contributed by atoms with Crippen LogP contribution in [0.3, 0.4) is 0 Å². The lowest BCUT2D eigenvalue weighted by Gasteiger charge is -2.21. The molecule has 0 unspecified atom stereocenters. The molecule has 5 nitrogen and oxygen atoms in total. The molecule has 0 spiro atoms. The molecule has 0 aliphatic heterocycles. The normalized spacial score (nSPS) is 11.1. The number of pyridine rings is 1. The average Bonchev–Trinajstić information content (AvgIpc) is 3.37. The van der Waals surface area contributed by atoms with E-state index < -0.39 is 0 Å². The summed E-state index contributed by atoms with van der Waals surface area (Å²) in [5.74, 6) is 0.652. The molecule has 31 heavy (non-hydrogen) atoms. The molecule has 4 aromatic rings. The van der Waals surface area contributed by atoms with E-state index in [0.29, 0.717) is 17.1 Å². The van der Waals surface area contributed by atoms with Crippen molar-refractivity contribution in [3.63, 3.8) is 0 Å². The molecule has 4 rings (SSSR count). The van der Waals surface area contributed by atoms with Crippen LogP contribution >= 0.6 is 27.3 Å². The molecule has 0 bridgehead atoms. The van der Waals surface area contributed by atoms with Gasteiger partial charge in [0.2, 0.25) is 0 Å². The first-order chi connectivity index (χ1) is 15.0. The van der Waals surface area contributed by atoms with E-state index in [0.717, 1.165) is 50.7 Å². The first-order valence-electron chi connectivity index (χ1n) is 10.0. The van der Waals surface area contributed by atoms with Crippen LogP contribution in [0.25, 0.3) is 16.9 Å². The molecule has 0 aliphatic carbocycles. The molecule has 0 radical (unpaired) electrons. The monoisotopic (exact) mass is 497 g/mol. The van der Waals surface area contributed by atoms with Gasteiger partial charge >= 0.3 is 0 Å². The summed E-state index contributed by atoms with van der Waals surface area (Å²) < 4.78 is 15.5. The molecule has 1 aromatic carbocycles. The number of aryl methyl sites for hydroxylation is 2. The summed E-state index contributed by atoms with van der Waals surface area (Å²) in [6.45, 7) is 6.88. The summed E-state index contributed by atoms with van der Waals surface area (Å²) in [4.78, 5) is 12.3. The number of hydrogen-bond donors (Lipinski definition) is 0. The highest BCUT2D eigenvalue weighted by Gasteiger charge is 2.24. The Morgan fingerprint density at radius 2 is 1.97 bits per heavy atom. The van der Waals surface area contributed by atoms with Crippen LogP contribution in [-0.4, -0.2) is 20.9 Å². The van der Waals surface area contributed by atoms with Gasteiger partial charge in [-0.1, -0.05) is 40.3 Å². The quantitative estimate of drug-likeness (QED) is 0.289. The molecular weight excluding hydrogens is 477 g/mol. The standard InChI is InChI=1S/C23H21BrFN5S/c1-4-18-22(30-13-15(11-24)10-14(3)21(30)27-18)29(5-2)23-28-20(19(12-26)31-23)16-6-8-17(25)9-7-16/h6-10,13H,4-5,11H2,1-3H3. The van der Waals surface area contributed by atoms with E-state index in [2.05, 4.69) is 64.3 Å². The third-order valence-electron chi connectivity index (χ3n) is 5.13. The van der Waals surface area contributed by atoms with Gasteiger partial charge in [-0.15, -0.1) is 0 Å². The molecule has 158 valence electrons. The Morgan fingerprint density at radius 3 is 2.58 bits per heavy atom. The van der Waals surface area contributed by atoms with Gasteiger partial charge in [0.1, 0.15) is 33.9 Å². The first kappa shape index (κ1) is 21.5. The van der Waals surface area contributed by atoms with Gasteiger partial charge in [-0.05, 0) is 55.7 Å². The van der Waals surface area contributed by atoms with E-state index in [1.165, 1.54) is 23.5 Å². The fourth-order valence-corrected chi connectivity index (χ4v) is 4.95. The Hall–Kier alpha value is -2.76. The summed E-state index contributed by atoms with van der Waals surface area (Å²) >= 11 is 4.90. The number of benzene rings is 1. The topological polar surface area (TPSA) is 57.2 Å². The van der Waals surface area contributed by atoms with Crippen molar-refractivity contribution >= 4 is 43.9 Å². The third-order valence-corrected chi connectivity index (χ3v) is 6.76. The van der Waals surface area contributed by atoms with Gasteiger partial charge in [0.25, 0.3) is 0 Å². The molecule has 0 atom stereocenters. The lowest BCUT2D eigenvalue weighted by molar-refractivity contribution is 0.628. The van der Waals surface area contributed by atoms with Crippen molar-refractivity contribution in [3.8, 4) is 17.3 Å². The summed E-state index contributed by atoms with van der Waals surface area (Å²) in [6.07, 6.45) is 2.87. The summed E-state index contributed by atoms with van der Waals surface area (Å²) in [5.41, 5.74) is 5.47. The predicted octanol–water partition coefficient (Wildman–Crippen LogP) is 6.39. The van der Waals surface area contributed by atoms with E-state index >= 15 is 0 Å². The van der Waals surface area contributed by atoms with E-state index in [4.69, 9.17) is 9.97 Å². The lowest BCUT2D eigenvalue weighted by atomic mass is 10.1. The van der Waals surface area contributed by atoms with Gasteiger partial charge in [0.05, 0.1) is 5.69 Å². The third kappa shape index (κ3) is 3.84. The Labute approximate surface area is 192 Å². The van der Waals surface area contributed by atoms with E-state index in [1.807, 2.05) is 0 Å². The minimum atomic E-state index is -0.316. The lowest BCUT2D eigenvalue weighted by Crippen LogP contribution is -2.19. The van der Waals surface area contributed by atoms with Crippen LogP contribution in [0.2, 0.25) is 0 Å². The van der Waals surface area contributed by atoms with Crippen LogP contribution in [0.15, 0.2) is 36.5 Å². The number of nitrogens with zero attached hydrogens (tertiary/aromatic N) is 5. The van der Waals surface area contributed by atoms with Crippen LogP contribution in [0.4, 0.5) is 15.3 Å². The highest BCUT2D eigenvalue weighted by atomic mass is 79.9. The zero-order chi connectivity index (χ0) is 22.1. The van der Waals surface area contributed by atoms with Crippen LogP contribution < -0.4 is 4.90 Å². The zero-order valence-corrected chi connectivity index (χ0v) is 19.9. The number of hydrogen-bond acceptors (Lipinski definition) is 5. The summed E-state index contributed by atoms with van der Waals surface area (Å²) in [5, 5.41) is 11.2. The van der Waals surface area contributed by atoms with Crippen molar-refractivity contribution in [3.05, 3.63) is 64.0 Å². The predicted molar refractivity (Wildman–Crippen MR) is 127 cm³/mol. The maximum absolute atomic E-state index is 13.4. The number of rotatable bonds is 6. The Kier molecular flexibility index (Phi) is 6.08. The highest BCUT2D eigenvalue weighted by Crippen LogP contribution is 2.38. The van der Waals surface area contributed by atoms with Gasteiger partial charge in [0, 0.05) is 23.6 Å². The number of alkyl halides is 1. The average molecular weight is 498 g/mol. The van der Waals surface area contributed by atoms with Gasteiger partial charge in [-0.3, -0.25) is 4.40 Å². The fourth-order valence-electron chi connectivity index (χ4n) is 3.69. The minimum Gasteiger partial charge on any atom is -0.302 e. The van der Waals surface area contributed by atoms with Crippen molar-refractivity contribution in [2.45, 2.75) is 32.5 Å². The SMILES string of the molecule is CCc1nc2c(C)cc(CBr)cn2c1N(CC)c1nc(-c2ccc(F)cc2)c(C#N)s1. The van der Waals surface area contributed by atoms with Crippen molar-refractivity contribution in [1.29, 1.82) is 5.26 Å². The van der Waals surface area contributed by atoms with Crippen LogP contribution in [-0.2, 0) is 11.8 Å². The maximum atomic E-state index is 13.4. The first-order valence-corrected chi connectivity index (χ1v) is 11.9. The number of halogens is 2. The molecular formula is C23H21BrFN5S. The van der Waals surface area contributed by atoms with Gasteiger partial charge < -0.3 is 4.90 Å². The van der Waals surface area contributed by atoms with Crippen molar-refractivity contribution in [2.75, 3.05) is 11.4 Å². The molecule has 0 amide bonds. The minimum absolute atomic E-state index is 0.316. The zero-order valence-electron chi connectivity index (χ0n) is 17.5. The van der Waals surface area contributed by atoms with E-state index in [-0.39, 0.29) is 5.82 Å². The molecule has 0 aliphatic rings. The molecule has 0 fully saturated rings. The van der Waals surface area contributed by atoms with Gasteiger partial charge in [0.15, 0.2) is 5.13 Å². The molecule has 3 aromatic heterocycles. The van der Waals surface area contributed by atoms with Gasteiger partial charge in [-0.2, -0.15) is 5.26 Å². The Morgan fingerprint density at radius 1 is 1.23 bits per heavy atom. The second-order valence-electron chi connectivity index (χ2n) is 7.13. The number of fused-ring (bicyclic) bond motifs is 1. The fraction of sp³-hybridized carbons (Fsp3) is 0.261. The summed E-state index contributed by atoms with van der Waals surface area (Å²) in [7, 11) is 0. The van der Waals surface area contributed by atoms with Crippen LogP contribution in [0, 0.1) is 24.1 Å². The number of anilines is 2. The number of imidazole rings is 1. The smallest absolute Gasteiger partial charge is 0.192 e. The largest absolute Gasteiger partial charge is 0.302 e. The van der Waals surface area contributed by atoms with Crippen molar-refractivity contribution < 1.29 is 4.39 Å². The van der Waals surface area contributed by atoms with E-state index in [1.54, 1.807) is 12.1 Å². The highest BCUT2D eigenvalue weighted by molar-refractivity contribution is 9.08.